The highest BCUT2D eigenvalue weighted by Crippen LogP contribution is 2.42. The second-order valence-electron chi connectivity index (χ2n) is 8.96. The largest absolute Gasteiger partial charge is 0.462 e. The molecular weight excluding hydrogens is 482 g/mol. The number of pyridine rings is 1. The molecule has 1 aliphatic heterocycles. The Morgan fingerprint density at radius 3 is 2.54 bits per heavy atom. The molecule has 4 rings (SSSR count). The van der Waals surface area contributed by atoms with Crippen molar-refractivity contribution >= 4 is 39.8 Å². The number of aliphatic hydroxyl groups is 1. The van der Waals surface area contributed by atoms with Gasteiger partial charge in [0, 0.05) is 36.0 Å². The fourth-order valence-electron chi connectivity index (χ4n) is 4.45. The van der Waals surface area contributed by atoms with Gasteiger partial charge in [0.15, 0.2) is 5.82 Å². The lowest BCUT2D eigenvalue weighted by atomic mass is 9.92. The minimum absolute atomic E-state index is 0.00154. The van der Waals surface area contributed by atoms with Gasteiger partial charge in [-0.1, -0.05) is 11.6 Å². The van der Waals surface area contributed by atoms with Crippen LogP contribution in [0.1, 0.15) is 35.3 Å². The Morgan fingerprint density at radius 1 is 1.31 bits per heavy atom. The van der Waals surface area contributed by atoms with Crippen molar-refractivity contribution in [2.75, 3.05) is 30.3 Å². The van der Waals surface area contributed by atoms with E-state index in [2.05, 4.69) is 0 Å². The van der Waals surface area contributed by atoms with E-state index < -0.39 is 35.2 Å². The molecule has 2 aromatic carbocycles. The summed E-state index contributed by atoms with van der Waals surface area (Å²) >= 11 is 6.74. The normalized spacial score (nSPS) is 14.8. The first-order chi connectivity index (χ1) is 16.4. The number of ether oxygens (including phenoxy) is 1. The summed E-state index contributed by atoms with van der Waals surface area (Å²) in [4.78, 5) is 27.7. The van der Waals surface area contributed by atoms with E-state index in [1.165, 1.54) is 23.8 Å². The molecule has 0 atom stereocenters. The summed E-state index contributed by atoms with van der Waals surface area (Å²) in [6.07, 6.45) is 1.19. The minimum Gasteiger partial charge on any atom is -0.462 e. The van der Waals surface area contributed by atoms with E-state index >= 15 is 4.39 Å². The molecule has 186 valence electrons. The predicted octanol–water partition coefficient (Wildman–Crippen LogP) is 3.02. The smallest absolute Gasteiger partial charge is 0.343 e. The lowest BCUT2D eigenvalue weighted by Crippen LogP contribution is -2.66. The van der Waals surface area contributed by atoms with Crippen LogP contribution in [0.5, 0.6) is 0 Å². The molecule has 0 saturated carbocycles. The molecule has 1 fully saturated rings. The van der Waals surface area contributed by atoms with Gasteiger partial charge < -0.3 is 30.8 Å². The number of benzene rings is 2. The molecule has 1 aromatic heterocycles. The van der Waals surface area contributed by atoms with Crippen molar-refractivity contribution in [1.29, 1.82) is 0 Å². The third-order valence-electron chi connectivity index (χ3n) is 6.08. The highest BCUT2D eigenvalue weighted by Gasteiger charge is 2.39. The van der Waals surface area contributed by atoms with Crippen LogP contribution in [-0.4, -0.2) is 40.9 Å². The van der Waals surface area contributed by atoms with Crippen LogP contribution in [0.25, 0.3) is 16.6 Å². The molecule has 1 saturated heterocycles. The van der Waals surface area contributed by atoms with Gasteiger partial charge in [-0.2, -0.15) is 0 Å². The molecule has 1 aliphatic rings. The van der Waals surface area contributed by atoms with E-state index in [4.69, 9.17) is 27.8 Å². The number of anilines is 2. The number of hydrogen-bond donors (Lipinski definition) is 3. The zero-order valence-electron chi connectivity index (χ0n) is 19.4. The summed E-state index contributed by atoms with van der Waals surface area (Å²) in [6.45, 7) is 4.87. The zero-order chi connectivity index (χ0) is 25.8. The van der Waals surface area contributed by atoms with Crippen LogP contribution in [0.4, 0.5) is 20.2 Å². The highest BCUT2D eigenvalue weighted by atomic mass is 35.5. The molecule has 0 bridgehead atoms. The van der Waals surface area contributed by atoms with Crippen molar-refractivity contribution < 1.29 is 23.4 Å². The fraction of sp³-hybridized carbons (Fsp3) is 0.333. The topological polar surface area (TPSA) is 124 Å². The highest BCUT2D eigenvalue weighted by molar-refractivity contribution is 6.38. The number of rotatable bonds is 5. The quantitative estimate of drug-likeness (QED) is 0.359. The molecule has 0 amide bonds. The van der Waals surface area contributed by atoms with Crippen LogP contribution in [0, 0.1) is 18.6 Å². The minimum atomic E-state index is -0.921. The lowest BCUT2D eigenvalue weighted by molar-refractivity contribution is 0.0524. The lowest BCUT2D eigenvalue weighted by Gasteiger charge is -2.47. The maximum atomic E-state index is 15.6. The number of aromatic nitrogens is 1. The average Bonchev–Trinajstić information content (AvgIpc) is 2.77. The zero-order valence-corrected chi connectivity index (χ0v) is 20.2. The summed E-state index contributed by atoms with van der Waals surface area (Å²) in [5, 5.41) is 9.66. The van der Waals surface area contributed by atoms with Gasteiger partial charge in [0.05, 0.1) is 46.2 Å². The molecule has 0 unspecified atom stereocenters. The molecule has 8 nitrogen and oxygen atoms in total. The van der Waals surface area contributed by atoms with Crippen molar-refractivity contribution in [1.82, 2.24) is 4.57 Å². The average molecular weight is 507 g/mol. The maximum absolute atomic E-state index is 15.6. The number of carbonyl (C=O) groups excluding carboxylic acids is 1. The van der Waals surface area contributed by atoms with Gasteiger partial charge in [-0.3, -0.25) is 4.79 Å². The van der Waals surface area contributed by atoms with Gasteiger partial charge in [0.2, 0.25) is 5.43 Å². The number of nitrogens with two attached hydrogens (primary N) is 2. The Bertz CT molecular complexity index is 1430. The summed E-state index contributed by atoms with van der Waals surface area (Å²) < 4.78 is 36.2. The molecular formula is C24H25ClF2N4O4. The number of nitrogen functional groups attached to an aromatic ring is 1. The monoisotopic (exact) mass is 506 g/mol. The van der Waals surface area contributed by atoms with Gasteiger partial charge in [0.1, 0.15) is 11.4 Å². The summed E-state index contributed by atoms with van der Waals surface area (Å²) in [5.74, 6) is -2.40. The van der Waals surface area contributed by atoms with Crippen LogP contribution in [0.3, 0.4) is 0 Å². The van der Waals surface area contributed by atoms with Gasteiger partial charge >= 0.3 is 5.97 Å². The van der Waals surface area contributed by atoms with E-state index in [0.29, 0.717) is 13.1 Å². The third-order valence-corrected chi connectivity index (χ3v) is 6.44. The van der Waals surface area contributed by atoms with Crippen LogP contribution in [0.2, 0.25) is 5.02 Å². The summed E-state index contributed by atoms with van der Waals surface area (Å²) in [7, 11) is 0. The van der Waals surface area contributed by atoms with Gasteiger partial charge in [-0.15, -0.1) is 0 Å². The number of halogens is 3. The number of hydrogen-bond acceptors (Lipinski definition) is 7. The Hall–Kier alpha value is -3.21. The Morgan fingerprint density at radius 2 is 1.97 bits per heavy atom. The first kappa shape index (κ1) is 24.9. The molecule has 35 heavy (non-hydrogen) atoms. The number of aliphatic hydroxyl groups excluding tert-OH is 1. The van der Waals surface area contributed by atoms with Crippen molar-refractivity contribution in [2.24, 2.45) is 5.73 Å². The van der Waals surface area contributed by atoms with Gasteiger partial charge in [-0.05, 0) is 32.9 Å². The molecule has 5 N–H and O–H groups in total. The molecule has 11 heteroatoms. The SMILES string of the molecule is CCOC(=O)c1cn(-c2cc(N)c(F)cc2CO)c2c(Cl)c(N3CC(C)(N)C3)c(F)c(C)c2c1=O. The Labute approximate surface area is 204 Å². The fourth-order valence-corrected chi connectivity index (χ4v) is 4.84. The Balaban J connectivity index is 2.17. The number of carbonyl (C=O) groups is 1. The second-order valence-corrected chi connectivity index (χ2v) is 9.34. The van der Waals surface area contributed by atoms with Crippen LogP contribution in [0.15, 0.2) is 23.1 Å². The third kappa shape index (κ3) is 4.01. The second kappa shape index (κ2) is 8.78. The first-order valence-corrected chi connectivity index (χ1v) is 11.3. The van der Waals surface area contributed by atoms with E-state index in [1.54, 1.807) is 11.8 Å². The standard InChI is InChI=1S/C24H25ClF2N4O4/c1-4-35-23(34)13-7-31(16-6-15(28)14(26)5-12(16)8-32)20-17(22(13)33)11(2)19(27)21(18(20)25)30-9-24(3,29)10-30/h5-7,32H,4,8-10,28-29H2,1-3H3. The van der Waals surface area contributed by atoms with Gasteiger partial charge in [0.25, 0.3) is 0 Å². The van der Waals surface area contributed by atoms with E-state index in [0.717, 1.165) is 6.07 Å². The van der Waals surface area contributed by atoms with E-state index in [-0.39, 0.29) is 56.3 Å². The number of esters is 1. The summed E-state index contributed by atoms with van der Waals surface area (Å²) in [5.41, 5.74) is 10.3. The van der Waals surface area contributed by atoms with Crippen molar-refractivity contribution in [3.8, 4) is 5.69 Å². The molecule has 0 aliphatic carbocycles. The van der Waals surface area contributed by atoms with Crippen molar-refractivity contribution in [2.45, 2.75) is 32.9 Å². The summed E-state index contributed by atoms with van der Waals surface area (Å²) in [6, 6.07) is 2.29. The Kier molecular flexibility index (Phi) is 6.25. The molecule has 0 radical (unpaired) electrons. The van der Waals surface area contributed by atoms with Gasteiger partial charge in [-0.25, -0.2) is 13.6 Å². The molecule has 0 spiro atoms. The number of aryl methyl sites for hydroxylation is 1. The number of fused-ring (bicyclic) bond motifs is 1. The van der Waals surface area contributed by atoms with Crippen LogP contribution < -0.4 is 21.8 Å². The van der Waals surface area contributed by atoms with Crippen LogP contribution >= 0.6 is 11.6 Å². The van der Waals surface area contributed by atoms with Crippen LogP contribution in [-0.2, 0) is 11.3 Å². The van der Waals surface area contributed by atoms with E-state index in [9.17, 15) is 19.1 Å². The maximum Gasteiger partial charge on any atom is 0.343 e. The van der Waals surface area contributed by atoms with E-state index in [1.807, 2.05) is 6.92 Å². The number of nitrogens with zero attached hydrogens (tertiary/aromatic N) is 2. The van der Waals surface area contributed by atoms with Crippen molar-refractivity contribution in [3.63, 3.8) is 0 Å². The first-order valence-electron chi connectivity index (χ1n) is 10.9. The predicted molar refractivity (Wildman–Crippen MR) is 130 cm³/mol. The van der Waals surface area contributed by atoms with Crippen molar-refractivity contribution in [3.05, 3.63) is 61.9 Å². The molecule has 3 aromatic rings. The molecule has 2 heterocycles.